The molecular formula is C71H57Br2IN2. The van der Waals surface area contributed by atoms with Crippen molar-refractivity contribution in [3.8, 4) is 72.7 Å². The third kappa shape index (κ3) is 9.10. The van der Waals surface area contributed by atoms with E-state index in [4.69, 9.17) is 0 Å². The molecule has 0 spiro atoms. The van der Waals surface area contributed by atoms with E-state index in [1.165, 1.54) is 120 Å². The second-order valence-corrected chi connectivity index (χ2v) is 23.6. The van der Waals surface area contributed by atoms with Crippen LogP contribution in [0.25, 0.3) is 94.5 Å². The zero-order valence-corrected chi connectivity index (χ0v) is 47.5. The van der Waals surface area contributed by atoms with E-state index in [0.717, 1.165) is 8.95 Å². The van der Waals surface area contributed by atoms with Crippen molar-refractivity contribution in [2.75, 3.05) is 0 Å². The summed E-state index contributed by atoms with van der Waals surface area (Å²) in [6, 6.07) is 87.0. The summed E-state index contributed by atoms with van der Waals surface area (Å²) in [5, 5.41) is 2.53. The normalized spacial score (nSPS) is 13.0. The smallest absolute Gasteiger partial charge is 0.0619 e. The predicted octanol–water partition coefficient (Wildman–Crippen LogP) is 21.5. The van der Waals surface area contributed by atoms with Crippen LogP contribution < -0.4 is 0 Å². The van der Waals surface area contributed by atoms with Crippen molar-refractivity contribution in [3.63, 3.8) is 0 Å². The maximum absolute atomic E-state index is 3.70. The predicted molar refractivity (Wildman–Crippen MR) is 340 cm³/mol. The van der Waals surface area contributed by atoms with Crippen LogP contribution in [0.3, 0.4) is 0 Å². The van der Waals surface area contributed by atoms with Gasteiger partial charge in [-0.2, -0.15) is 0 Å². The van der Waals surface area contributed by atoms with Gasteiger partial charge in [-0.1, -0.05) is 249 Å². The average molecular weight is 1220 g/mol. The first-order valence-electron chi connectivity index (χ1n) is 25.5. The number of benzene rings is 10. The highest BCUT2D eigenvalue weighted by Crippen LogP contribution is 2.52. The van der Waals surface area contributed by atoms with E-state index in [-0.39, 0.29) is 18.3 Å². The topological polar surface area (TPSA) is 20.7 Å². The first kappa shape index (κ1) is 51.1. The molecule has 5 heteroatoms. The quantitative estimate of drug-likeness (QED) is 0.166. The summed E-state index contributed by atoms with van der Waals surface area (Å²) in [6.07, 6.45) is 0. The molecule has 0 saturated carbocycles. The van der Waals surface area contributed by atoms with Crippen LogP contribution in [0.1, 0.15) is 57.4 Å². The summed E-state index contributed by atoms with van der Waals surface area (Å²) in [5.74, 6) is 0. The molecule has 2 nitrogen and oxygen atoms in total. The van der Waals surface area contributed by atoms with Gasteiger partial charge in [-0.3, -0.25) is 0 Å². The maximum atomic E-state index is 3.70. The average Bonchev–Trinajstić information content (AvgIpc) is 4.17. The van der Waals surface area contributed by atoms with E-state index >= 15 is 0 Å². The molecule has 0 amide bonds. The largest absolute Gasteiger partial charge is 0.354 e. The zero-order chi connectivity index (χ0) is 51.4. The molecule has 14 rings (SSSR count). The van der Waals surface area contributed by atoms with Gasteiger partial charge in [0.25, 0.3) is 0 Å². The standard InChI is InChI=1S/C35H26BrN.C20H15N.C15H12BrI.CH4/c1-35(2)30-21-25(36)17-19-27(30)28-20-18-26(22-31(28)35)37-32-16-10-9-15-29(32)33(23-11-5-3-6-12-23)34(37)24-13-7-4-8-14-24;1-3-9-15(10-4-1)19-17-13-7-8-14-18(17)21-20(19)16-11-5-2-6-12-16;1-15(2)13-7-9(16)3-5-11(13)12-6-4-10(17)8-14(12)15;/h3-22H,1-2H3;1-14,21H;3-8H,1-2H3;1H4. The second kappa shape index (κ2) is 20.8. The molecule has 2 aliphatic carbocycles. The second-order valence-electron chi connectivity index (χ2n) is 20.5. The number of hydrogen-bond donors (Lipinski definition) is 1. The van der Waals surface area contributed by atoms with Gasteiger partial charge >= 0.3 is 0 Å². The van der Waals surface area contributed by atoms with Gasteiger partial charge in [0.15, 0.2) is 0 Å². The molecule has 10 aromatic carbocycles. The fourth-order valence-electron chi connectivity index (χ4n) is 11.7. The minimum Gasteiger partial charge on any atom is -0.354 e. The van der Waals surface area contributed by atoms with Crippen molar-refractivity contribution in [1.29, 1.82) is 0 Å². The molecule has 0 aliphatic heterocycles. The van der Waals surface area contributed by atoms with Crippen LogP contribution in [-0.2, 0) is 10.8 Å². The molecule has 12 aromatic rings. The van der Waals surface area contributed by atoms with Gasteiger partial charge in [-0.05, 0) is 150 Å². The van der Waals surface area contributed by atoms with Crippen molar-refractivity contribution in [1.82, 2.24) is 9.55 Å². The Morgan fingerprint density at radius 1 is 0.395 bits per heavy atom. The van der Waals surface area contributed by atoms with Gasteiger partial charge in [-0.25, -0.2) is 0 Å². The highest BCUT2D eigenvalue weighted by atomic mass is 127. The molecular weight excluding hydrogens is 1170 g/mol. The Morgan fingerprint density at radius 2 is 0.816 bits per heavy atom. The summed E-state index contributed by atoms with van der Waals surface area (Å²) >= 11 is 9.66. The lowest BCUT2D eigenvalue weighted by molar-refractivity contribution is 0.659. The van der Waals surface area contributed by atoms with Crippen LogP contribution in [-0.4, -0.2) is 9.55 Å². The van der Waals surface area contributed by atoms with Crippen LogP contribution in [0, 0.1) is 3.57 Å². The van der Waals surface area contributed by atoms with Gasteiger partial charge in [0.1, 0.15) is 0 Å². The Labute approximate surface area is 477 Å². The number of para-hydroxylation sites is 2. The summed E-state index contributed by atoms with van der Waals surface area (Å²) < 4.78 is 6.05. The lowest BCUT2D eigenvalue weighted by atomic mass is 9.82. The Bertz CT molecular complexity index is 4020. The molecule has 0 bridgehead atoms. The van der Waals surface area contributed by atoms with Gasteiger partial charge in [0.2, 0.25) is 0 Å². The van der Waals surface area contributed by atoms with Crippen molar-refractivity contribution < 1.29 is 0 Å². The lowest BCUT2D eigenvalue weighted by Gasteiger charge is -2.23. The zero-order valence-electron chi connectivity index (χ0n) is 42.2. The van der Waals surface area contributed by atoms with Crippen LogP contribution in [0.15, 0.2) is 252 Å². The molecule has 0 radical (unpaired) electrons. The van der Waals surface area contributed by atoms with Gasteiger partial charge in [0.05, 0.1) is 16.9 Å². The third-order valence-electron chi connectivity index (χ3n) is 15.3. The van der Waals surface area contributed by atoms with E-state index in [9.17, 15) is 0 Å². The molecule has 76 heavy (non-hydrogen) atoms. The molecule has 372 valence electrons. The van der Waals surface area contributed by atoms with Gasteiger partial charge in [-0.15, -0.1) is 0 Å². The minimum absolute atomic E-state index is 0. The van der Waals surface area contributed by atoms with E-state index < -0.39 is 0 Å². The van der Waals surface area contributed by atoms with Crippen molar-refractivity contribution in [3.05, 3.63) is 277 Å². The number of nitrogens with zero attached hydrogens (tertiary/aromatic N) is 1. The molecule has 2 aliphatic rings. The SMILES string of the molecule is C.CC1(C)c2cc(Br)ccc2-c2ccc(-n3c(-c4ccccc4)c(-c4ccccc4)c4ccccc43)cc21.CC1(C)c2cc(Br)ccc2-c2ccc(I)cc21.c1ccc(-c2[nH]c3ccccc3c2-c2ccccc2)cc1. The molecule has 2 heterocycles. The summed E-state index contributed by atoms with van der Waals surface area (Å²) in [4.78, 5) is 3.58. The molecule has 1 N–H and O–H groups in total. The Balaban J connectivity index is 0.000000133. The number of H-pyrrole nitrogens is 1. The highest BCUT2D eigenvalue weighted by molar-refractivity contribution is 14.1. The molecule has 0 atom stereocenters. The number of aromatic nitrogens is 2. The minimum atomic E-state index is -0.0808. The highest BCUT2D eigenvalue weighted by Gasteiger charge is 2.37. The fraction of sp³-hybridized carbons (Fsp3) is 0.0986. The van der Waals surface area contributed by atoms with Crippen LogP contribution >= 0.6 is 54.5 Å². The first-order valence-corrected chi connectivity index (χ1v) is 28.2. The number of rotatable bonds is 5. The Morgan fingerprint density at radius 3 is 1.38 bits per heavy atom. The summed E-state index contributed by atoms with van der Waals surface area (Å²) in [7, 11) is 0. The number of halogens is 3. The molecule has 0 unspecified atom stereocenters. The lowest BCUT2D eigenvalue weighted by Crippen LogP contribution is -2.15. The fourth-order valence-corrected chi connectivity index (χ4v) is 12.9. The van der Waals surface area contributed by atoms with Gasteiger partial charge in [0, 0.05) is 56.4 Å². The van der Waals surface area contributed by atoms with E-state index in [2.05, 4.69) is 328 Å². The number of aromatic amines is 1. The summed E-state index contributed by atoms with van der Waals surface area (Å²) in [5.41, 5.74) is 24.5. The number of nitrogens with one attached hydrogen (secondary N) is 1. The van der Waals surface area contributed by atoms with E-state index in [0.29, 0.717) is 0 Å². The Kier molecular flexibility index (Phi) is 14.0. The van der Waals surface area contributed by atoms with Crippen molar-refractivity contribution in [2.24, 2.45) is 0 Å². The van der Waals surface area contributed by atoms with Crippen LogP contribution in [0.5, 0.6) is 0 Å². The number of fused-ring (bicyclic) bond motifs is 8. The molecule has 0 saturated heterocycles. The van der Waals surface area contributed by atoms with Crippen LogP contribution in [0.2, 0.25) is 0 Å². The summed E-state index contributed by atoms with van der Waals surface area (Å²) in [6.45, 7) is 9.30. The molecule has 2 aromatic heterocycles. The molecule has 0 fully saturated rings. The maximum Gasteiger partial charge on any atom is 0.0619 e. The number of hydrogen-bond acceptors (Lipinski definition) is 0. The van der Waals surface area contributed by atoms with E-state index in [1.807, 2.05) is 6.07 Å². The Hall–Kier alpha value is -7.03. The third-order valence-corrected chi connectivity index (χ3v) is 17.0. The monoisotopic (exact) mass is 1220 g/mol. The van der Waals surface area contributed by atoms with Crippen LogP contribution in [0.4, 0.5) is 0 Å². The van der Waals surface area contributed by atoms with Crippen molar-refractivity contribution >= 4 is 76.3 Å². The van der Waals surface area contributed by atoms with Gasteiger partial charge < -0.3 is 9.55 Å². The van der Waals surface area contributed by atoms with E-state index in [1.54, 1.807) is 0 Å². The van der Waals surface area contributed by atoms with Crippen molar-refractivity contribution in [2.45, 2.75) is 46.0 Å². The first-order chi connectivity index (χ1) is 36.5.